The van der Waals surface area contributed by atoms with Crippen molar-refractivity contribution in [3.8, 4) is 34.5 Å². The van der Waals surface area contributed by atoms with Gasteiger partial charge in [0.2, 0.25) is 5.89 Å². The fraction of sp³-hybridized carbons (Fsp3) is 0.351. The predicted octanol–water partition coefficient (Wildman–Crippen LogP) is 9.88. The van der Waals surface area contributed by atoms with Gasteiger partial charge in [0.25, 0.3) is 0 Å². The van der Waals surface area contributed by atoms with Crippen LogP contribution in [0.5, 0.6) is 23.0 Å². The summed E-state index contributed by atoms with van der Waals surface area (Å²) in [5.41, 5.74) is 2.03. The summed E-state index contributed by atoms with van der Waals surface area (Å²) in [6.07, 6.45) is 12.8. The molecule has 0 saturated carbocycles. The van der Waals surface area contributed by atoms with Crippen LogP contribution in [0.1, 0.15) is 81.5 Å². The third kappa shape index (κ3) is 8.10. The Balaban J connectivity index is 1.13. The first kappa shape index (κ1) is 30.9. The van der Waals surface area contributed by atoms with Crippen molar-refractivity contribution in [3.63, 3.8) is 0 Å². The number of methoxy groups -OCH3 is 1. The van der Waals surface area contributed by atoms with E-state index in [2.05, 4.69) is 11.9 Å². The van der Waals surface area contributed by atoms with E-state index >= 15 is 0 Å². The van der Waals surface area contributed by atoms with E-state index < -0.39 is 5.97 Å². The molecule has 0 unspecified atom stereocenters. The van der Waals surface area contributed by atoms with Gasteiger partial charge in [-0.1, -0.05) is 76.8 Å². The molecule has 0 atom stereocenters. The van der Waals surface area contributed by atoms with Gasteiger partial charge < -0.3 is 23.7 Å². The lowest BCUT2D eigenvalue weighted by Crippen LogP contribution is -2.08. The number of nitrogens with zero attached hydrogens (tertiary/aromatic N) is 1. The second kappa shape index (κ2) is 15.3. The first-order valence-electron chi connectivity index (χ1n) is 15.7. The van der Waals surface area contributed by atoms with E-state index in [9.17, 15) is 9.90 Å². The number of aromatic hydroxyl groups is 1. The zero-order valence-corrected chi connectivity index (χ0v) is 25.6. The van der Waals surface area contributed by atoms with Crippen molar-refractivity contribution in [1.29, 1.82) is 0 Å². The minimum absolute atomic E-state index is 0.107. The number of unbranched alkanes of at least 4 members (excludes halogenated alkanes) is 9. The summed E-state index contributed by atoms with van der Waals surface area (Å²) in [5, 5.41) is 12.6. The molecule has 7 nitrogen and oxygen atoms in total. The largest absolute Gasteiger partial charge is 0.507 e. The van der Waals surface area contributed by atoms with Gasteiger partial charge in [-0.15, -0.1) is 0 Å². The van der Waals surface area contributed by atoms with Crippen LogP contribution in [0, 0.1) is 0 Å². The summed E-state index contributed by atoms with van der Waals surface area (Å²) in [4.78, 5) is 17.3. The highest BCUT2D eigenvalue weighted by Gasteiger charge is 2.16. The lowest BCUT2D eigenvalue weighted by atomic mass is 10.1. The van der Waals surface area contributed by atoms with E-state index in [1.807, 2.05) is 42.5 Å². The molecule has 0 amide bonds. The summed E-state index contributed by atoms with van der Waals surface area (Å²) in [5.74, 6) is 1.33. The predicted molar refractivity (Wildman–Crippen MR) is 174 cm³/mol. The van der Waals surface area contributed by atoms with E-state index in [-0.39, 0.29) is 17.4 Å². The topological polar surface area (TPSA) is 91.0 Å². The Morgan fingerprint density at radius 2 is 1.43 bits per heavy atom. The Bertz CT molecular complexity index is 1690. The van der Waals surface area contributed by atoms with Crippen LogP contribution in [0.2, 0.25) is 0 Å². The summed E-state index contributed by atoms with van der Waals surface area (Å²) in [6, 6.07) is 21.1. The smallest absolute Gasteiger partial charge is 0.343 e. The van der Waals surface area contributed by atoms with Crippen molar-refractivity contribution in [2.24, 2.45) is 0 Å². The van der Waals surface area contributed by atoms with Crippen molar-refractivity contribution in [2.45, 2.75) is 71.1 Å². The van der Waals surface area contributed by atoms with E-state index in [1.54, 1.807) is 31.4 Å². The summed E-state index contributed by atoms with van der Waals surface area (Å²) >= 11 is 0. The molecule has 0 aliphatic heterocycles. The molecule has 5 rings (SSSR count). The number of phenols is 1. The van der Waals surface area contributed by atoms with Gasteiger partial charge in [0.05, 0.1) is 24.8 Å². The highest BCUT2D eigenvalue weighted by atomic mass is 16.5. The van der Waals surface area contributed by atoms with Gasteiger partial charge >= 0.3 is 5.97 Å². The molecular formula is C37H41NO6. The molecule has 0 saturated heterocycles. The maximum atomic E-state index is 12.8. The summed E-state index contributed by atoms with van der Waals surface area (Å²) in [7, 11) is 1.61. The maximum absolute atomic E-state index is 12.8. The molecule has 7 heteroatoms. The van der Waals surface area contributed by atoms with Crippen LogP contribution in [0.15, 0.2) is 77.2 Å². The maximum Gasteiger partial charge on any atom is 0.343 e. The third-order valence-electron chi connectivity index (χ3n) is 7.82. The van der Waals surface area contributed by atoms with Crippen molar-refractivity contribution >= 4 is 27.8 Å². The lowest BCUT2D eigenvalue weighted by Gasteiger charge is -2.08. The Kier molecular flexibility index (Phi) is 10.7. The van der Waals surface area contributed by atoms with Crippen LogP contribution in [-0.4, -0.2) is 29.8 Å². The zero-order chi connectivity index (χ0) is 30.7. The molecule has 1 aromatic heterocycles. The van der Waals surface area contributed by atoms with Gasteiger partial charge in [0, 0.05) is 12.1 Å². The van der Waals surface area contributed by atoms with Crippen molar-refractivity contribution in [1.82, 2.24) is 4.98 Å². The number of aromatic nitrogens is 1. The van der Waals surface area contributed by atoms with E-state index in [0.717, 1.165) is 28.7 Å². The second-order valence-corrected chi connectivity index (χ2v) is 11.2. The minimum Gasteiger partial charge on any atom is -0.507 e. The molecule has 0 fully saturated rings. The fourth-order valence-electron chi connectivity index (χ4n) is 5.29. The van der Waals surface area contributed by atoms with Gasteiger partial charge in [0.15, 0.2) is 5.58 Å². The Labute approximate surface area is 258 Å². The normalized spacial score (nSPS) is 11.2. The number of carbonyl (C=O) groups is 1. The number of ether oxygens (including phenoxy) is 3. The number of hydrogen-bond donors (Lipinski definition) is 1. The number of phenolic OH excluding ortho intramolecular Hbond substituents is 1. The molecular weight excluding hydrogens is 554 g/mol. The van der Waals surface area contributed by atoms with Gasteiger partial charge in [0.1, 0.15) is 28.5 Å². The highest BCUT2D eigenvalue weighted by Crippen LogP contribution is 2.35. The summed E-state index contributed by atoms with van der Waals surface area (Å²) < 4.78 is 22.7. The first-order valence-corrected chi connectivity index (χ1v) is 15.7. The number of fused-ring (bicyclic) bond motifs is 2. The number of oxazole rings is 1. The Hall–Kier alpha value is -4.52. The first-order chi connectivity index (χ1) is 21.5. The molecule has 0 bridgehead atoms. The number of rotatable bonds is 16. The Morgan fingerprint density at radius 1 is 0.750 bits per heavy atom. The molecule has 4 aromatic carbocycles. The highest BCUT2D eigenvalue weighted by molar-refractivity contribution is 5.96. The molecule has 0 aliphatic rings. The fourth-order valence-corrected chi connectivity index (χ4v) is 5.29. The molecule has 5 aromatic rings. The standard InChI is InChI=1S/C37H41NO6/c1-3-4-5-6-7-8-9-10-11-12-21-42-30-18-20-33-35(25-30)44-36(38-33)32-19-17-31(24-34(32)39)43-37(40)28-14-13-27-23-29(41-2)16-15-26(27)22-28/h13-20,22-25,39H,3-12,21H2,1-2H3. The second-order valence-electron chi connectivity index (χ2n) is 11.2. The van der Waals surface area contributed by atoms with Gasteiger partial charge in [-0.3, -0.25) is 0 Å². The Morgan fingerprint density at radius 3 is 2.18 bits per heavy atom. The molecule has 1 N–H and O–H groups in total. The number of hydrogen-bond acceptors (Lipinski definition) is 7. The SMILES string of the molecule is CCCCCCCCCCCCOc1ccc2nc(-c3ccc(OC(=O)c4ccc5cc(OC)ccc5c4)cc3O)oc2c1. The van der Waals surface area contributed by atoms with Crippen LogP contribution < -0.4 is 14.2 Å². The van der Waals surface area contributed by atoms with Crippen molar-refractivity contribution in [3.05, 3.63) is 78.4 Å². The lowest BCUT2D eigenvalue weighted by molar-refractivity contribution is 0.0734. The molecule has 44 heavy (non-hydrogen) atoms. The van der Waals surface area contributed by atoms with E-state index in [4.69, 9.17) is 18.6 Å². The molecule has 230 valence electrons. The van der Waals surface area contributed by atoms with Gasteiger partial charge in [-0.25, -0.2) is 9.78 Å². The van der Waals surface area contributed by atoms with Crippen LogP contribution in [0.3, 0.4) is 0 Å². The van der Waals surface area contributed by atoms with Crippen LogP contribution in [0.4, 0.5) is 0 Å². The number of carbonyl (C=O) groups excluding carboxylic acids is 1. The molecule has 0 spiro atoms. The molecule has 0 radical (unpaired) electrons. The van der Waals surface area contributed by atoms with Gasteiger partial charge in [-0.2, -0.15) is 0 Å². The molecule has 1 heterocycles. The molecule has 0 aliphatic carbocycles. The van der Waals surface area contributed by atoms with Crippen LogP contribution >= 0.6 is 0 Å². The third-order valence-corrected chi connectivity index (χ3v) is 7.82. The van der Waals surface area contributed by atoms with Crippen molar-refractivity contribution in [2.75, 3.05) is 13.7 Å². The minimum atomic E-state index is -0.526. The monoisotopic (exact) mass is 595 g/mol. The number of esters is 1. The van der Waals surface area contributed by atoms with E-state index in [0.29, 0.717) is 28.8 Å². The number of benzene rings is 4. The average Bonchev–Trinajstić information content (AvgIpc) is 3.46. The van der Waals surface area contributed by atoms with Gasteiger partial charge in [-0.05, 0) is 65.7 Å². The zero-order valence-electron chi connectivity index (χ0n) is 25.6. The van der Waals surface area contributed by atoms with Crippen LogP contribution in [-0.2, 0) is 0 Å². The average molecular weight is 596 g/mol. The van der Waals surface area contributed by atoms with E-state index in [1.165, 1.54) is 63.9 Å². The summed E-state index contributed by atoms with van der Waals surface area (Å²) in [6.45, 7) is 2.92. The van der Waals surface area contributed by atoms with Crippen LogP contribution in [0.25, 0.3) is 33.3 Å². The quantitative estimate of drug-likeness (QED) is 0.0689. The van der Waals surface area contributed by atoms with Crippen molar-refractivity contribution < 1.29 is 28.5 Å².